The van der Waals surface area contributed by atoms with Crippen molar-refractivity contribution in [3.8, 4) is 5.75 Å². The molecule has 2 nitrogen and oxygen atoms in total. The number of benzene rings is 1. The number of ether oxygens (including phenoxy) is 1. The predicted molar refractivity (Wildman–Crippen MR) is 68.5 cm³/mol. The highest BCUT2D eigenvalue weighted by Gasteiger charge is 2.16. The molecule has 0 unspecified atom stereocenters. The number of carbonyl (C=O) groups excluding carboxylic acids is 1. The van der Waals surface area contributed by atoms with Crippen LogP contribution in [0.2, 0.25) is 0 Å². The maximum Gasteiger partial charge on any atom is 0.162 e. The second-order valence-electron chi connectivity index (χ2n) is 4.74. The van der Waals surface area contributed by atoms with Gasteiger partial charge < -0.3 is 4.74 Å². The van der Waals surface area contributed by atoms with Gasteiger partial charge in [-0.2, -0.15) is 0 Å². The predicted octanol–water partition coefficient (Wildman–Crippen LogP) is 3.85. The summed E-state index contributed by atoms with van der Waals surface area (Å²) in [5.74, 6) is 1.94. The molecule has 17 heavy (non-hydrogen) atoms. The monoisotopic (exact) mass is 232 g/mol. The smallest absolute Gasteiger partial charge is 0.162 e. The number of rotatable bonds is 6. The summed E-state index contributed by atoms with van der Waals surface area (Å²) < 4.78 is 5.67. The first-order valence-electron chi connectivity index (χ1n) is 6.55. The van der Waals surface area contributed by atoms with Crippen molar-refractivity contribution in [1.29, 1.82) is 0 Å². The Balaban J connectivity index is 1.78. The normalized spacial score (nSPS) is 15.4. The molecule has 0 saturated heterocycles. The summed E-state index contributed by atoms with van der Waals surface area (Å²) in [4.78, 5) is 11.4. The largest absolute Gasteiger partial charge is 0.494 e. The Hall–Kier alpha value is -1.31. The van der Waals surface area contributed by atoms with Gasteiger partial charge in [0.25, 0.3) is 0 Å². The van der Waals surface area contributed by atoms with E-state index in [4.69, 9.17) is 4.74 Å². The van der Waals surface area contributed by atoms with Gasteiger partial charge in [0, 0.05) is 12.0 Å². The van der Waals surface area contributed by atoms with Gasteiger partial charge in [0.05, 0.1) is 6.61 Å². The van der Waals surface area contributed by atoms with Crippen molar-refractivity contribution in [2.45, 2.75) is 39.0 Å². The third kappa shape index (κ3) is 3.32. The van der Waals surface area contributed by atoms with Crippen LogP contribution in [0.15, 0.2) is 24.3 Å². The van der Waals surface area contributed by atoms with Crippen molar-refractivity contribution in [3.05, 3.63) is 29.8 Å². The zero-order valence-corrected chi connectivity index (χ0v) is 10.4. The van der Waals surface area contributed by atoms with Gasteiger partial charge in [-0.1, -0.05) is 26.2 Å². The Morgan fingerprint density at radius 1 is 1.29 bits per heavy atom. The summed E-state index contributed by atoms with van der Waals surface area (Å²) in [6.07, 6.45) is 5.84. The molecule has 0 bridgehead atoms. The molecule has 0 heterocycles. The zero-order chi connectivity index (χ0) is 12.1. The Bertz CT molecular complexity index is 363. The van der Waals surface area contributed by atoms with Crippen LogP contribution in [0.4, 0.5) is 0 Å². The first kappa shape index (κ1) is 12.2. The first-order valence-corrected chi connectivity index (χ1v) is 6.55. The van der Waals surface area contributed by atoms with Crippen LogP contribution in [0.5, 0.6) is 5.75 Å². The van der Waals surface area contributed by atoms with Crippen LogP contribution in [0, 0.1) is 5.92 Å². The Morgan fingerprint density at radius 2 is 2.00 bits per heavy atom. The second-order valence-corrected chi connectivity index (χ2v) is 4.74. The molecule has 0 aliphatic heterocycles. The average Bonchev–Trinajstić information content (AvgIpc) is 2.32. The van der Waals surface area contributed by atoms with E-state index in [-0.39, 0.29) is 5.78 Å². The summed E-state index contributed by atoms with van der Waals surface area (Å²) in [6, 6.07) is 7.49. The van der Waals surface area contributed by atoms with Crippen LogP contribution < -0.4 is 4.74 Å². The Kier molecular flexibility index (Phi) is 4.18. The van der Waals surface area contributed by atoms with Crippen molar-refractivity contribution in [3.63, 3.8) is 0 Å². The molecule has 0 aromatic heterocycles. The van der Waals surface area contributed by atoms with Gasteiger partial charge >= 0.3 is 0 Å². The molecule has 2 heteroatoms. The van der Waals surface area contributed by atoms with E-state index in [1.165, 1.54) is 19.3 Å². The molecule has 0 amide bonds. The zero-order valence-electron chi connectivity index (χ0n) is 10.4. The van der Waals surface area contributed by atoms with E-state index in [0.717, 1.165) is 30.3 Å². The fourth-order valence-corrected chi connectivity index (χ4v) is 2.07. The van der Waals surface area contributed by atoms with Crippen molar-refractivity contribution in [2.24, 2.45) is 5.92 Å². The molecule has 1 aliphatic rings. The lowest BCUT2D eigenvalue weighted by molar-refractivity contribution is 0.0988. The second kappa shape index (κ2) is 5.85. The average molecular weight is 232 g/mol. The van der Waals surface area contributed by atoms with Crippen molar-refractivity contribution < 1.29 is 9.53 Å². The van der Waals surface area contributed by atoms with E-state index < -0.39 is 0 Å². The molecule has 1 aliphatic carbocycles. The van der Waals surface area contributed by atoms with E-state index in [1.54, 1.807) is 0 Å². The van der Waals surface area contributed by atoms with Crippen LogP contribution >= 0.6 is 0 Å². The number of hydrogen-bond acceptors (Lipinski definition) is 2. The lowest BCUT2D eigenvalue weighted by atomic mass is 9.83. The van der Waals surface area contributed by atoms with Gasteiger partial charge in [0.15, 0.2) is 5.78 Å². The quantitative estimate of drug-likeness (QED) is 0.696. The van der Waals surface area contributed by atoms with Gasteiger partial charge in [-0.25, -0.2) is 0 Å². The number of Topliss-reactive ketones (excluding diaryl/α,β-unsaturated/α-hetero) is 1. The Morgan fingerprint density at radius 3 is 2.53 bits per heavy atom. The standard InChI is InChI=1S/C15H20O2/c1-2-15(16)13-6-8-14(9-7-13)17-11-10-12-4-3-5-12/h6-9,12H,2-5,10-11H2,1H3. The topological polar surface area (TPSA) is 26.3 Å². The van der Waals surface area contributed by atoms with E-state index in [0.29, 0.717) is 6.42 Å². The Labute approximate surface area is 103 Å². The molecule has 0 radical (unpaired) electrons. The SMILES string of the molecule is CCC(=O)c1ccc(OCCC2CCC2)cc1. The van der Waals surface area contributed by atoms with E-state index in [1.807, 2.05) is 31.2 Å². The number of hydrogen-bond donors (Lipinski definition) is 0. The summed E-state index contributed by atoms with van der Waals surface area (Å²) in [5.41, 5.74) is 0.777. The van der Waals surface area contributed by atoms with Crippen LogP contribution in [-0.2, 0) is 0 Å². The van der Waals surface area contributed by atoms with Gasteiger partial charge in [-0.3, -0.25) is 4.79 Å². The van der Waals surface area contributed by atoms with Gasteiger partial charge in [0.1, 0.15) is 5.75 Å². The fraction of sp³-hybridized carbons (Fsp3) is 0.533. The number of ketones is 1. The highest BCUT2D eigenvalue weighted by molar-refractivity contribution is 5.95. The first-order chi connectivity index (χ1) is 8.29. The summed E-state index contributed by atoms with van der Waals surface area (Å²) >= 11 is 0. The van der Waals surface area contributed by atoms with E-state index in [2.05, 4.69) is 0 Å². The van der Waals surface area contributed by atoms with Crippen LogP contribution in [0.3, 0.4) is 0 Å². The minimum atomic E-state index is 0.186. The molecule has 1 fully saturated rings. The summed E-state index contributed by atoms with van der Waals surface area (Å²) in [7, 11) is 0. The molecule has 0 atom stereocenters. The third-order valence-corrected chi connectivity index (χ3v) is 3.52. The maximum atomic E-state index is 11.4. The van der Waals surface area contributed by atoms with E-state index in [9.17, 15) is 4.79 Å². The number of carbonyl (C=O) groups is 1. The van der Waals surface area contributed by atoms with Crippen LogP contribution in [0.1, 0.15) is 49.4 Å². The molecule has 1 saturated carbocycles. The molecule has 1 aromatic carbocycles. The highest BCUT2D eigenvalue weighted by Crippen LogP contribution is 2.29. The molecule has 2 rings (SSSR count). The van der Waals surface area contributed by atoms with E-state index >= 15 is 0 Å². The molecular weight excluding hydrogens is 212 g/mol. The van der Waals surface area contributed by atoms with Crippen molar-refractivity contribution in [2.75, 3.05) is 6.61 Å². The molecular formula is C15H20O2. The maximum absolute atomic E-state index is 11.4. The summed E-state index contributed by atoms with van der Waals surface area (Å²) in [6.45, 7) is 2.68. The lowest BCUT2D eigenvalue weighted by Gasteiger charge is -2.24. The van der Waals surface area contributed by atoms with Gasteiger partial charge in [-0.15, -0.1) is 0 Å². The van der Waals surface area contributed by atoms with Crippen LogP contribution in [0.25, 0.3) is 0 Å². The highest BCUT2D eigenvalue weighted by atomic mass is 16.5. The minimum absolute atomic E-state index is 0.186. The fourth-order valence-electron chi connectivity index (χ4n) is 2.07. The van der Waals surface area contributed by atoms with Gasteiger partial charge in [0.2, 0.25) is 0 Å². The van der Waals surface area contributed by atoms with Crippen LogP contribution in [-0.4, -0.2) is 12.4 Å². The molecule has 1 aromatic rings. The lowest BCUT2D eigenvalue weighted by Crippen LogP contribution is -2.14. The molecule has 92 valence electrons. The minimum Gasteiger partial charge on any atom is -0.494 e. The molecule has 0 spiro atoms. The van der Waals surface area contributed by atoms with Gasteiger partial charge in [-0.05, 0) is 36.6 Å². The van der Waals surface area contributed by atoms with Crippen molar-refractivity contribution in [1.82, 2.24) is 0 Å². The van der Waals surface area contributed by atoms with Crippen molar-refractivity contribution >= 4 is 5.78 Å². The molecule has 0 N–H and O–H groups in total. The third-order valence-electron chi connectivity index (χ3n) is 3.52. The summed E-state index contributed by atoms with van der Waals surface area (Å²) in [5, 5.41) is 0.